The molecule has 4 nitrogen and oxygen atoms in total. The molecule has 0 aliphatic heterocycles. The molecule has 0 aromatic heterocycles. The van der Waals surface area contributed by atoms with Gasteiger partial charge in [-0.3, -0.25) is 0 Å². The Hall–Kier alpha value is -1.62. The van der Waals surface area contributed by atoms with Crippen LogP contribution in [0.1, 0.15) is 19.8 Å². The van der Waals surface area contributed by atoms with Gasteiger partial charge < -0.3 is 15.7 Å². The second-order valence-corrected chi connectivity index (χ2v) is 3.79. The summed E-state index contributed by atoms with van der Waals surface area (Å²) in [6.45, 7) is 2.14. The number of urea groups is 1. The average molecular weight is 240 g/mol. The molecule has 0 fully saturated rings. The van der Waals surface area contributed by atoms with E-state index in [0.717, 1.165) is 6.42 Å². The van der Waals surface area contributed by atoms with E-state index in [2.05, 4.69) is 10.6 Å². The molecule has 0 bridgehead atoms. The number of aliphatic hydroxyl groups is 1. The molecule has 1 aromatic carbocycles. The van der Waals surface area contributed by atoms with E-state index in [-0.39, 0.29) is 6.54 Å². The number of benzene rings is 1. The Labute approximate surface area is 99.8 Å². The van der Waals surface area contributed by atoms with E-state index in [1.54, 1.807) is 6.07 Å². The lowest BCUT2D eigenvalue weighted by Gasteiger charge is -2.11. The number of hydrogen-bond acceptors (Lipinski definition) is 2. The highest BCUT2D eigenvalue weighted by molar-refractivity contribution is 5.89. The Bertz CT molecular complexity index is 371. The average Bonchev–Trinajstić information content (AvgIpc) is 2.27. The molecule has 1 aromatic rings. The Morgan fingerprint density at radius 1 is 1.53 bits per heavy atom. The van der Waals surface area contributed by atoms with Crippen LogP contribution in [0.5, 0.6) is 0 Å². The molecule has 0 saturated heterocycles. The van der Waals surface area contributed by atoms with Crippen molar-refractivity contribution in [3.8, 4) is 0 Å². The minimum atomic E-state index is -0.543. The third kappa shape index (κ3) is 5.31. The van der Waals surface area contributed by atoms with Crippen LogP contribution in [0.3, 0.4) is 0 Å². The highest BCUT2D eigenvalue weighted by Gasteiger charge is 2.06. The van der Waals surface area contributed by atoms with Crippen LogP contribution in [0.2, 0.25) is 0 Å². The van der Waals surface area contributed by atoms with Gasteiger partial charge in [0, 0.05) is 12.2 Å². The predicted molar refractivity (Wildman–Crippen MR) is 64.3 cm³/mol. The third-order valence-electron chi connectivity index (χ3n) is 2.20. The van der Waals surface area contributed by atoms with Crippen LogP contribution in [0.15, 0.2) is 24.3 Å². The summed E-state index contributed by atoms with van der Waals surface area (Å²) < 4.78 is 12.8. The summed E-state index contributed by atoms with van der Waals surface area (Å²) >= 11 is 0. The maximum atomic E-state index is 12.8. The summed E-state index contributed by atoms with van der Waals surface area (Å²) in [6, 6.07) is 5.17. The number of nitrogens with one attached hydrogen (secondary N) is 2. The van der Waals surface area contributed by atoms with Gasteiger partial charge in [-0.2, -0.15) is 0 Å². The van der Waals surface area contributed by atoms with Gasteiger partial charge in [0.2, 0.25) is 0 Å². The molecule has 3 N–H and O–H groups in total. The van der Waals surface area contributed by atoms with Crippen molar-refractivity contribution >= 4 is 11.7 Å². The smallest absolute Gasteiger partial charge is 0.319 e. The van der Waals surface area contributed by atoms with Crippen molar-refractivity contribution in [2.24, 2.45) is 0 Å². The van der Waals surface area contributed by atoms with Crippen molar-refractivity contribution < 1.29 is 14.3 Å². The van der Waals surface area contributed by atoms with Gasteiger partial charge >= 0.3 is 6.03 Å². The largest absolute Gasteiger partial charge is 0.391 e. The number of halogens is 1. The first-order valence-electron chi connectivity index (χ1n) is 5.60. The maximum Gasteiger partial charge on any atom is 0.319 e. The van der Waals surface area contributed by atoms with Crippen LogP contribution < -0.4 is 10.6 Å². The first kappa shape index (κ1) is 13.4. The van der Waals surface area contributed by atoms with Gasteiger partial charge in [0.25, 0.3) is 0 Å². The zero-order chi connectivity index (χ0) is 12.7. The summed E-state index contributed by atoms with van der Waals surface area (Å²) in [4.78, 5) is 11.4. The molecule has 17 heavy (non-hydrogen) atoms. The fourth-order valence-electron chi connectivity index (χ4n) is 1.39. The molecule has 2 amide bonds. The van der Waals surface area contributed by atoms with Gasteiger partial charge in [0.1, 0.15) is 5.82 Å². The van der Waals surface area contributed by atoms with Gasteiger partial charge in [-0.1, -0.05) is 19.4 Å². The lowest BCUT2D eigenvalue weighted by molar-refractivity contribution is 0.162. The summed E-state index contributed by atoms with van der Waals surface area (Å²) in [6.07, 6.45) is 0.951. The number of hydrogen-bond donors (Lipinski definition) is 3. The monoisotopic (exact) mass is 240 g/mol. The van der Waals surface area contributed by atoms with E-state index in [1.165, 1.54) is 18.2 Å². The standard InChI is InChI=1S/C12H17FN2O2/c1-2-4-11(16)8-14-12(17)15-10-6-3-5-9(13)7-10/h3,5-7,11,16H,2,4,8H2,1H3,(H2,14,15,17). The molecule has 94 valence electrons. The summed E-state index contributed by atoms with van der Waals surface area (Å²) in [5.41, 5.74) is 0.382. The zero-order valence-corrected chi connectivity index (χ0v) is 9.74. The highest BCUT2D eigenvalue weighted by Crippen LogP contribution is 2.08. The fourth-order valence-corrected chi connectivity index (χ4v) is 1.39. The van der Waals surface area contributed by atoms with Crippen LogP contribution in [0.4, 0.5) is 14.9 Å². The van der Waals surface area contributed by atoms with E-state index in [9.17, 15) is 14.3 Å². The van der Waals surface area contributed by atoms with Crippen LogP contribution in [0.25, 0.3) is 0 Å². The molecule has 0 radical (unpaired) electrons. The first-order chi connectivity index (χ1) is 8.11. The molecule has 0 heterocycles. The Balaban J connectivity index is 2.34. The summed E-state index contributed by atoms with van der Waals surface area (Å²) in [5.74, 6) is -0.409. The predicted octanol–water partition coefficient (Wildman–Crippen LogP) is 2.11. The molecule has 0 saturated carbocycles. The molecular weight excluding hydrogens is 223 g/mol. The third-order valence-corrected chi connectivity index (χ3v) is 2.20. The van der Waals surface area contributed by atoms with E-state index in [4.69, 9.17) is 0 Å². The van der Waals surface area contributed by atoms with Gasteiger partial charge in [0.15, 0.2) is 0 Å². The minimum absolute atomic E-state index is 0.189. The van der Waals surface area contributed by atoms with Gasteiger partial charge in [-0.15, -0.1) is 0 Å². The van der Waals surface area contributed by atoms with Crippen LogP contribution >= 0.6 is 0 Å². The number of rotatable bonds is 5. The normalized spacial score (nSPS) is 11.9. The molecule has 5 heteroatoms. The molecule has 0 aliphatic carbocycles. The molecule has 1 unspecified atom stereocenters. The van der Waals surface area contributed by atoms with Crippen molar-refractivity contribution in [3.05, 3.63) is 30.1 Å². The van der Waals surface area contributed by atoms with Gasteiger partial charge in [0.05, 0.1) is 6.10 Å². The van der Waals surface area contributed by atoms with Crippen molar-refractivity contribution in [2.75, 3.05) is 11.9 Å². The molecular formula is C12H17FN2O2. The van der Waals surface area contributed by atoms with Crippen molar-refractivity contribution in [1.82, 2.24) is 5.32 Å². The Morgan fingerprint density at radius 3 is 2.94 bits per heavy atom. The number of amides is 2. The van der Waals surface area contributed by atoms with E-state index < -0.39 is 18.0 Å². The SMILES string of the molecule is CCCC(O)CNC(=O)Nc1cccc(F)c1. The van der Waals surface area contributed by atoms with Gasteiger partial charge in [-0.05, 0) is 24.6 Å². The highest BCUT2D eigenvalue weighted by atomic mass is 19.1. The van der Waals surface area contributed by atoms with Crippen LogP contribution in [0, 0.1) is 5.82 Å². The molecule has 0 spiro atoms. The van der Waals surface area contributed by atoms with E-state index in [0.29, 0.717) is 12.1 Å². The lowest BCUT2D eigenvalue weighted by atomic mass is 10.2. The topological polar surface area (TPSA) is 61.4 Å². The lowest BCUT2D eigenvalue weighted by Crippen LogP contribution is -2.35. The minimum Gasteiger partial charge on any atom is -0.391 e. The van der Waals surface area contributed by atoms with Crippen molar-refractivity contribution in [3.63, 3.8) is 0 Å². The van der Waals surface area contributed by atoms with Crippen LogP contribution in [-0.2, 0) is 0 Å². The van der Waals surface area contributed by atoms with E-state index in [1.807, 2.05) is 6.92 Å². The van der Waals surface area contributed by atoms with Gasteiger partial charge in [-0.25, -0.2) is 9.18 Å². The molecule has 1 rings (SSSR count). The fraction of sp³-hybridized carbons (Fsp3) is 0.417. The summed E-state index contributed by atoms with van der Waals surface area (Å²) in [5, 5.41) is 14.4. The number of aliphatic hydroxyl groups excluding tert-OH is 1. The number of carbonyl (C=O) groups excluding carboxylic acids is 1. The zero-order valence-electron chi connectivity index (χ0n) is 9.74. The second-order valence-electron chi connectivity index (χ2n) is 3.79. The Morgan fingerprint density at radius 2 is 2.29 bits per heavy atom. The molecule has 1 atom stereocenters. The first-order valence-corrected chi connectivity index (χ1v) is 5.60. The number of carbonyl (C=O) groups is 1. The summed E-state index contributed by atoms with van der Waals surface area (Å²) in [7, 11) is 0. The number of anilines is 1. The molecule has 0 aliphatic rings. The van der Waals surface area contributed by atoms with Crippen molar-refractivity contribution in [2.45, 2.75) is 25.9 Å². The Kier molecular flexibility index (Phi) is 5.42. The van der Waals surface area contributed by atoms with E-state index >= 15 is 0 Å². The quantitative estimate of drug-likeness (QED) is 0.738. The second kappa shape index (κ2) is 6.85. The van der Waals surface area contributed by atoms with Crippen molar-refractivity contribution in [1.29, 1.82) is 0 Å². The maximum absolute atomic E-state index is 12.8. The van der Waals surface area contributed by atoms with Crippen LogP contribution in [-0.4, -0.2) is 23.8 Å².